The third-order valence-electron chi connectivity index (χ3n) is 4.96. The Balaban J connectivity index is 1.33. The van der Waals surface area contributed by atoms with Gasteiger partial charge in [-0.2, -0.15) is 0 Å². The molecular weight excluding hydrogens is 290 g/mol. The van der Waals surface area contributed by atoms with Crippen LogP contribution < -0.4 is 0 Å². The highest BCUT2D eigenvalue weighted by Gasteiger charge is 2.27. The normalized spacial score (nSPS) is 20.9. The van der Waals surface area contributed by atoms with Crippen molar-refractivity contribution in [3.05, 3.63) is 41.4 Å². The number of hydrogen-bond donors (Lipinski definition) is 0. The van der Waals surface area contributed by atoms with Gasteiger partial charge in [0.05, 0.1) is 5.69 Å². The molecule has 0 bridgehead atoms. The Kier molecular flexibility index (Phi) is 4.24. The number of thiazole rings is 1. The summed E-state index contributed by atoms with van der Waals surface area (Å²) < 4.78 is 0. The minimum Gasteiger partial charge on any atom is -0.298 e. The molecule has 2 heterocycles. The van der Waals surface area contributed by atoms with Gasteiger partial charge in [-0.3, -0.25) is 9.80 Å². The lowest BCUT2D eigenvalue weighted by atomic mass is 9.91. The Morgan fingerprint density at radius 2 is 1.82 bits per heavy atom. The van der Waals surface area contributed by atoms with E-state index in [1.165, 1.54) is 56.7 Å². The van der Waals surface area contributed by atoms with Crippen LogP contribution in [0.25, 0.3) is 10.6 Å². The molecule has 0 atom stereocenters. The molecule has 2 aromatic rings. The third-order valence-corrected chi connectivity index (χ3v) is 5.90. The van der Waals surface area contributed by atoms with E-state index in [0.717, 1.165) is 17.6 Å². The molecular formula is C18H23N3S. The van der Waals surface area contributed by atoms with Crippen molar-refractivity contribution in [3.8, 4) is 10.6 Å². The maximum Gasteiger partial charge on any atom is 0.123 e. The van der Waals surface area contributed by atoms with Gasteiger partial charge in [0.25, 0.3) is 0 Å². The Labute approximate surface area is 136 Å². The Morgan fingerprint density at radius 3 is 2.50 bits per heavy atom. The molecule has 2 aliphatic rings. The second-order valence-electron chi connectivity index (χ2n) is 6.41. The van der Waals surface area contributed by atoms with Crippen molar-refractivity contribution in [1.82, 2.24) is 14.8 Å². The maximum atomic E-state index is 4.82. The van der Waals surface area contributed by atoms with E-state index in [2.05, 4.69) is 45.5 Å². The van der Waals surface area contributed by atoms with E-state index in [4.69, 9.17) is 4.98 Å². The van der Waals surface area contributed by atoms with E-state index in [1.807, 2.05) is 0 Å². The highest BCUT2D eigenvalue weighted by atomic mass is 32.1. The molecule has 2 fully saturated rings. The van der Waals surface area contributed by atoms with E-state index in [-0.39, 0.29) is 0 Å². The monoisotopic (exact) mass is 313 g/mol. The minimum atomic E-state index is 0.895. The van der Waals surface area contributed by atoms with Crippen LogP contribution in [-0.2, 0) is 6.54 Å². The van der Waals surface area contributed by atoms with Crippen LogP contribution in [0.5, 0.6) is 0 Å². The van der Waals surface area contributed by atoms with Gasteiger partial charge in [0.15, 0.2) is 0 Å². The molecule has 22 heavy (non-hydrogen) atoms. The predicted molar refractivity (Wildman–Crippen MR) is 92.0 cm³/mol. The lowest BCUT2D eigenvalue weighted by Gasteiger charge is -2.42. The minimum absolute atomic E-state index is 0.895. The van der Waals surface area contributed by atoms with E-state index >= 15 is 0 Å². The van der Waals surface area contributed by atoms with E-state index in [1.54, 1.807) is 11.3 Å². The number of hydrogen-bond acceptors (Lipinski definition) is 4. The summed E-state index contributed by atoms with van der Waals surface area (Å²) in [5.74, 6) is 0. The van der Waals surface area contributed by atoms with Crippen LogP contribution in [-0.4, -0.2) is 47.0 Å². The molecule has 0 spiro atoms. The highest BCUT2D eigenvalue weighted by Crippen LogP contribution is 2.27. The summed E-state index contributed by atoms with van der Waals surface area (Å²) in [6.07, 6.45) is 4.28. The first-order chi connectivity index (χ1) is 10.9. The largest absolute Gasteiger partial charge is 0.298 e. The average molecular weight is 313 g/mol. The highest BCUT2D eigenvalue weighted by molar-refractivity contribution is 7.13. The van der Waals surface area contributed by atoms with Gasteiger partial charge in [0, 0.05) is 49.7 Å². The Bertz CT molecular complexity index is 598. The smallest absolute Gasteiger partial charge is 0.123 e. The summed E-state index contributed by atoms with van der Waals surface area (Å²) in [5.41, 5.74) is 2.45. The van der Waals surface area contributed by atoms with Gasteiger partial charge in [-0.1, -0.05) is 36.8 Å². The van der Waals surface area contributed by atoms with Crippen molar-refractivity contribution in [1.29, 1.82) is 0 Å². The Hall–Kier alpha value is -1.23. The summed E-state index contributed by atoms with van der Waals surface area (Å²) in [5, 5.41) is 3.37. The fourth-order valence-electron chi connectivity index (χ4n) is 3.36. The molecule has 0 radical (unpaired) electrons. The van der Waals surface area contributed by atoms with Crippen LogP contribution in [0.1, 0.15) is 25.0 Å². The summed E-state index contributed by atoms with van der Waals surface area (Å²) in [6.45, 7) is 5.85. The summed E-state index contributed by atoms with van der Waals surface area (Å²) in [7, 11) is 0. The van der Waals surface area contributed by atoms with Gasteiger partial charge < -0.3 is 0 Å². The number of benzene rings is 1. The SMILES string of the molecule is c1ccc(-c2nc(CN3CCN(C4CCC4)CC3)cs2)cc1. The number of nitrogens with zero attached hydrogens (tertiary/aromatic N) is 3. The molecule has 3 nitrogen and oxygen atoms in total. The zero-order valence-electron chi connectivity index (χ0n) is 12.9. The fraction of sp³-hybridized carbons (Fsp3) is 0.500. The molecule has 0 amide bonds. The quantitative estimate of drug-likeness (QED) is 0.861. The number of piperazine rings is 1. The summed E-state index contributed by atoms with van der Waals surface area (Å²) in [4.78, 5) is 10.1. The zero-order valence-corrected chi connectivity index (χ0v) is 13.8. The Morgan fingerprint density at radius 1 is 1.05 bits per heavy atom. The topological polar surface area (TPSA) is 19.4 Å². The molecule has 1 saturated heterocycles. The van der Waals surface area contributed by atoms with Gasteiger partial charge in [-0.25, -0.2) is 4.98 Å². The van der Waals surface area contributed by atoms with Crippen molar-refractivity contribution in [2.24, 2.45) is 0 Å². The zero-order chi connectivity index (χ0) is 14.8. The number of aromatic nitrogens is 1. The second kappa shape index (κ2) is 6.49. The predicted octanol–water partition coefficient (Wildman–Crippen LogP) is 3.48. The molecule has 1 aliphatic carbocycles. The van der Waals surface area contributed by atoms with Gasteiger partial charge in [0.2, 0.25) is 0 Å². The first kappa shape index (κ1) is 14.4. The molecule has 1 aromatic carbocycles. The van der Waals surface area contributed by atoms with Crippen molar-refractivity contribution in [2.45, 2.75) is 31.8 Å². The standard InChI is InChI=1S/C18H23N3S/c1-2-5-15(6-3-1)18-19-16(14-22-18)13-20-9-11-21(12-10-20)17-7-4-8-17/h1-3,5-6,14,17H,4,7-13H2. The van der Waals surface area contributed by atoms with Crippen molar-refractivity contribution in [2.75, 3.05) is 26.2 Å². The van der Waals surface area contributed by atoms with E-state index < -0.39 is 0 Å². The molecule has 1 saturated carbocycles. The van der Waals surface area contributed by atoms with Gasteiger partial charge in [0.1, 0.15) is 5.01 Å². The summed E-state index contributed by atoms with van der Waals surface area (Å²) in [6, 6.07) is 11.4. The van der Waals surface area contributed by atoms with Crippen molar-refractivity contribution < 1.29 is 0 Å². The van der Waals surface area contributed by atoms with Crippen molar-refractivity contribution in [3.63, 3.8) is 0 Å². The molecule has 4 heteroatoms. The fourth-order valence-corrected chi connectivity index (χ4v) is 4.18. The van der Waals surface area contributed by atoms with E-state index in [0.29, 0.717) is 0 Å². The lowest BCUT2D eigenvalue weighted by Crippen LogP contribution is -2.51. The first-order valence-electron chi connectivity index (χ1n) is 8.35. The molecule has 1 aromatic heterocycles. The van der Waals surface area contributed by atoms with Crippen LogP contribution >= 0.6 is 11.3 Å². The molecule has 0 N–H and O–H groups in total. The van der Waals surface area contributed by atoms with E-state index in [9.17, 15) is 0 Å². The third kappa shape index (κ3) is 3.09. The van der Waals surface area contributed by atoms with Crippen LogP contribution in [0.15, 0.2) is 35.7 Å². The average Bonchev–Trinajstić information content (AvgIpc) is 2.97. The molecule has 1 aliphatic heterocycles. The van der Waals surface area contributed by atoms with Gasteiger partial charge in [-0.15, -0.1) is 11.3 Å². The molecule has 4 rings (SSSR count). The van der Waals surface area contributed by atoms with Crippen molar-refractivity contribution >= 4 is 11.3 Å². The van der Waals surface area contributed by atoms with Gasteiger partial charge in [-0.05, 0) is 12.8 Å². The first-order valence-corrected chi connectivity index (χ1v) is 9.23. The maximum absolute atomic E-state index is 4.82. The summed E-state index contributed by atoms with van der Waals surface area (Å²) >= 11 is 1.76. The van der Waals surface area contributed by atoms with Gasteiger partial charge >= 0.3 is 0 Å². The molecule has 0 unspecified atom stereocenters. The number of rotatable bonds is 4. The van der Waals surface area contributed by atoms with Crippen LogP contribution in [0.3, 0.4) is 0 Å². The van der Waals surface area contributed by atoms with Crippen LogP contribution in [0.2, 0.25) is 0 Å². The van der Waals surface area contributed by atoms with Crippen LogP contribution in [0, 0.1) is 0 Å². The van der Waals surface area contributed by atoms with Crippen LogP contribution in [0.4, 0.5) is 0 Å². The second-order valence-corrected chi connectivity index (χ2v) is 7.26. The molecule has 116 valence electrons. The lowest BCUT2D eigenvalue weighted by molar-refractivity contribution is 0.0583.